The molecule has 4 heterocycles. The van der Waals surface area contributed by atoms with E-state index in [9.17, 15) is 14.9 Å². The van der Waals surface area contributed by atoms with E-state index in [4.69, 9.17) is 30.8 Å². The molecule has 2 saturated heterocycles. The lowest BCUT2D eigenvalue weighted by atomic mass is 9.72. The zero-order valence-corrected chi connectivity index (χ0v) is 31.6. The third-order valence-electron chi connectivity index (χ3n) is 11.1. The number of thiophene rings is 1. The topological polar surface area (TPSA) is 173 Å². The number of nitrogen functional groups attached to an aromatic ring is 1. The van der Waals surface area contributed by atoms with E-state index in [-0.39, 0.29) is 29.6 Å². The molecule has 13 nitrogen and oxygen atoms in total. The van der Waals surface area contributed by atoms with Crippen molar-refractivity contribution in [2.75, 3.05) is 43.9 Å². The van der Waals surface area contributed by atoms with Gasteiger partial charge in [-0.15, -0.1) is 11.3 Å². The summed E-state index contributed by atoms with van der Waals surface area (Å²) in [5.74, 6) is -0.285. The van der Waals surface area contributed by atoms with Crippen molar-refractivity contribution in [2.24, 2.45) is 10.9 Å². The number of pyridine rings is 1. The molecule has 2 aliphatic carbocycles. The number of amidine groups is 1. The Morgan fingerprint density at radius 3 is 2.55 bits per heavy atom. The van der Waals surface area contributed by atoms with Crippen LogP contribution < -0.4 is 21.1 Å². The van der Waals surface area contributed by atoms with Crippen molar-refractivity contribution in [3.8, 4) is 11.9 Å². The third kappa shape index (κ3) is 7.33. The number of amides is 1. The molecule has 51 heavy (non-hydrogen) atoms. The average Bonchev–Trinajstić information content (AvgIpc) is 3.81. The zero-order chi connectivity index (χ0) is 36.7. The minimum atomic E-state index is -1.09. The number of nitrogens with zero attached hydrogens (tertiary/aromatic N) is 6. The van der Waals surface area contributed by atoms with Crippen LogP contribution in [0.3, 0.4) is 0 Å². The number of aromatic nitrogens is 1. The number of likely N-dealkylation sites (N-methyl/N-ethyl adjacent to an activating group) is 1. The van der Waals surface area contributed by atoms with Crippen LogP contribution in [-0.4, -0.2) is 89.2 Å². The van der Waals surface area contributed by atoms with Crippen LogP contribution in [0.1, 0.15) is 108 Å². The van der Waals surface area contributed by atoms with E-state index in [0.29, 0.717) is 53.8 Å². The Labute approximate surface area is 304 Å². The van der Waals surface area contributed by atoms with Gasteiger partial charge in [0.1, 0.15) is 28.5 Å². The third-order valence-corrected chi connectivity index (χ3v) is 12.1. The molecular formula is C37H52N8O5S. The van der Waals surface area contributed by atoms with Crippen LogP contribution in [0.2, 0.25) is 0 Å². The maximum absolute atomic E-state index is 13.7. The van der Waals surface area contributed by atoms with Crippen molar-refractivity contribution in [3.63, 3.8) is 0 Å². The molecule has 0 bridgehead atoms. The summed E-state index contributed by atoms with van der Waals surface area (Å²) in [6.07, 6.45) is 7.57. The lowest BCUT2D eigenvalue weighted by Crippen LogP contribution is -2.63. The summed E-state index contributed by atoms with van der Waals surface area (Å²) >= 11 is 1.35. The highest BCUT2D eigenvalue weighted by atomic mass is 32.1. The lowest BCUT2D eigenvalue weighted by Gasteiger charge is -2.49. The predicted octanol–water partition coefficient (Wildman–Crippen LogP) is 5.29. The van der Waals surface area contributed by atoms with Gasteiger partial charge in [0.15, 0.2) is 5.84 Å². The summed E-state index contributed by atoms with van der Waals surface area (Å²) in [5, 5.41) is 14.3. The number of aryl methyl sites for hydroxylation is 1. The minimum Gasteiger partial charge on any atom is -0.473 e. The summed E-state index contributed by atoms with van der Waals surface area (Å²) < 4.78 is 12.3. The summed E-state index contributed by atoms with van der Waals surface area (Å²) in [4.78, 5) is 44.8. The van der Waals surface area contributed by atoms with Crippen LogP contribution in [0.15, 0.2) is 17.3 Å². The summed E-state index contributed by atoms with van der Waals surface area (Å²) in [6.45, 7) is 12.2. The average molecular weight is 721 g/mol. The predicted molar refractivity (Wildman–Crippen MR) is 197 cm³/mol. The number of piperazine rings is 1. The van der Waals surface area contributed by atoms with E-state index in [1.54, 1.807) is 6.92 Å². The van der Waals surface area contributed by atoms with Gasteiger partial charge in [-0.05, 0) is 99.2 Å². The number of oxime groups is 1. The van der Waals surface area contributed by atoms with Gasteiger partial charge >= 0.3 is 12.1 Å². The standard InChI is InChI=1S/C37H52N8O5S/c1-23(27-11-10-16-43(27)6)48-29-20-24(44-17-18-45(34(47)49-35(2,3)4)37(22-44)14-7-8-15-37)19-26(41-29)31(39)42-50-33(46)36(5)13-9-12-28-30(36)25(21-38)32(40)51-28/h19-20,23,27H,7-18,22,40H2,1-6H3,(H2,39,42)/t23-,27-,36-/m0/s1. The molecule has 2 aliphatic heterocycles. The first kappa shape index (κ1) is 36.7. The fourth-order valence-corrected chi connectivity index (χ4v) is 9.65. The molecular weight excluding hydrogens is 669 g/mol. The van der Waals surface area contributed by atoms with Crippen LogP contribution in [0.5, 0.6) is 5.88 Å². The molecule has 14 heteroatoms. The van der Waals surface area contributed by atoms with E-state index in [0.717, 1.165) is 68.5 Å². The molecule has 0 unspecified atom stereocenters. The molecule has 0 aromatic carbocycles. The van der Waals surface area contributed by atoms with Gasteiger partial charge in [-0.25, -0.2) is 14.6 Å². The molecule has 0 radical (unpaired) electrons. The van der Waals surface area contributed by atoms with Crippen LogP contribution >= 0.6 is 11.3 Å². The molecule has 276 valence electrons. The van der Waals surface area contributed by atoms with Gasteiger partial charge in [0, 0.05) is 47.9 Å². The molecule has 2 aromatic heterocycles. The lowest BCUT2D eigenvalue weighted by molar-refractivity contribution is -0.150. The molecule has 3 atom stereocenters. The Balaban J connectivity index is 1.29. The van der Waals surface area contributed by atoms with E-state index in [1.165, 1.54) is 11.3 Å². The highest BCUT2D eigenvalue weighted by Crippen LogP contribution is 2.46. The largest absolute Gasteiger partial charge is 0.473 e. The molecule has 3 fully saturated rings. The first-order valence-electron chi connectivity index (χ1n) is 18.2. The van der Waals surface area contributed by atoms with Crippen molar-refractivity contribution in [1.82, 2.24) is 14.8 Å². The second kappa shape index (κ2) is 14.1. The fourth-order valence-electron chi connectivity index (χ4n) is 8.46. The first-order chi connectivity index (χ1) is 24.1. The Bertz CT molecular complexity index is 1720. The summed E-state index contributed by atoms with van der Waals surface area (Å²) in [7, 11) is 2.11. The first-order valence-corrected chi connectivity index (χ1v) is 19.0. The highest BCUT2D eigenvalue weighted by molar-refractivity contribution is 7.16. The number of hydrogen-bond donors (Lipinski definition) is 2. The molecule has 6 rings (SSSR count). The number of anilines is 2. The quantitative estimate of drug-likeness (QED) is 0.165. The molecule has 2 aromatic rings. The van der Waals surface area contributed by atoms with Crippen LogP contribution in [-0.2, 0) is 26.2 Å². The van der Waals surface area contributed by atoms with Crippen LogP contribution in [0.4, 0.5) is 15.5 Å². The number of carbonyl (C=O) groups excluding carboxylic acids is 2. The van der Waals surface area contributed by atoms with Crippen molar-refractivity contribution in [2.45, 2.75) is 121 Å². The Kier molecular flexibility index (Phi) is 10.2. The Hall–Kier alpha value is -4.09. The number of rotatable bonds is 7. The molecule has 4 aliphatic rings. The summed E-state index contributed by atoms with van der Waals surface area (Å²) in [6, 6.07) is 6.19. The van der Waals surface area contributed by atoms with E-state index in [2.05, 4.69) is 35.0 Å². The van der Waals surface area contributed by atoms with E-state index in [1.807, 2.05) is 37.8 Å². The number of fused-ring (bicyclic) bond motifs is 1. The van der Waals surface area contributed by atoms with Gasteiger partial charge < -0.3 is 30.7 Å². The van der Waals surface area contributed by atoms with Gasteiger partial charge in [-0.1, -0.05) is 18.0 Å². The molecule has 4 N–H and O–H groups in total. The number of likely N-dealkylation sites (tertiary alicyclic amines) is 1. The normalized spacial score (nSPS) is 24.3. The number of nitriles is 1. The van der Waals surface area contributed by atoms with Crippen molar-refractivity contribution in [1.29, 1.82) is 5.26 Å². The van der Waals surface area contributed by atoms with Gasteiger partial charge in [-0.3, -0.25) is 9.80 Å². The molecule has 1 saturated carbocycles. The maximum Gasteiger partial charge on any atom is 0.410 e. The number of hydrogen-bond acceptors (Lipinski definition) is 12. The highest BCUT2D eigenvalue weighted by Gasteiger charge is 2.48. The van der Waals surface area contributed by atoms with Crippen molar-refractivity contribution < 1.29 is 23.9 Å². The second-order valence-corrected chi connectivity index (χ2v) is 17.0. The molecule has 1 amide bonds. The van der Waals surface area contributed by atoms with Crippen molar-refractivity contribution >= 4 is 39.9 Å². The number of ether oxygens (including phenoxy) is 2. The monoisotopic (exact) mass is 720 g/mol. The molecule has 1 spiro atoms. The SMILES string of the molecule is C[C@H](Oc1cc(N2CCN(C(=O)OC(C)(C)C)C3(CCCC3)C2)cc(/C(N)=N/OC(=O)[C@@]2(C)CCCc3sc(N)c(C#N)c32)n1)[C@@H]1CCCN1C. The van der Waals surface area contributed by atoms with Gasteiger partial charge in [-0.2, -0.15) is 5.26 Å². The maximum atomic E-state index is 13.7. The van der Waals surface area contributed by atoms with E-state index < -0.39 is 17.0 Å². The van der Waals surface area contributed by atoms with E-state index >= 15 is 0 Å². The van der Waals surface area contributed by atoms with Gasteiger partial charge in [0.25, 0.3) is 0 Å². The Morgan fingerprint density at radius 1 is 1.14 bits per heavy atom. The number of carbonyl (C=O) groups is 2. The van der Waals surface area contributed by atoms with Crippen molar-refractivity contribution in [3.05, 3.63) is 33.8 Å². The number of nitrogens with two attached hydrogens (primary N) is 2. The Morgan fingerprint density at radius 2 is 1.88 bits per heavy atom. The zero-order valence-electron chi connectivity index (χ0n) is 30.8. The van der Waals surface area contributed by atoms with Gasteiger partial charge in [0.2, 0.25) is 5.88 Å². The smallest absolute Gasteiger partial charge is 0.410 e. The van der Waals surface area contributed by atoms with Crippen LogP contribution in [0.25, 0.3) is 0 Å². The van der Waals surface area contributed by atoms with Crippen LogP contribution in [0, 0.1) is 11.3 Å². The fraction of sp³-hybridized carbons (Fsp3) is 0.649. The second-order valence-electron chi connectivity index (χ2n) is 15.8. The van der Waals surface area contributed by atoms with Gasteiger partial charge in [0.05, 0.1) is 16.5 Å². The minimum absolute atomic E-state index is 0.0753. The summed E-state index contributed by atoms with van der Waals surface area (Å²) in [5.41, 5.74) is 12.8.